The van der Waals surface area contributed by atoms with E-state index < -0.39 is 0 Å². The summed E-state index contributed by atoms with van der Waals surface area (Å²) in [6.07, 6.45) is 0.0355. The topological polar surface area (TPSA) is 24.5 Å². The van der Waals surface area contributed by atoms with Gasteiger partial charge in [-0.15, -0.1) is 0 Å². The second-order valence-electron chi connectivity index (χ2n) is 7.55. The molecule has 4 aromatic carbocycles. The quantitative estimate of drug-likeness (QED) is 0.392. The molecule has 0 amide bonds. The first-order valence-corrected chi connectivity index (χ1v) is 10.3. The summed E-state index contributed by atoms with van der Waals surface area (Å²) in [5.74, 6) is 0.967. The summed E-state index contributed by atoms with van der Waals surface area (Å²) in [5.41, 5.74) is 5.62. The summed E-state index contributed by atoms with van der Waals surface area (Å²) in [4.78, 5) is 2.38. The zero-order chi connectivity index (χ0) is 20.3. The van der Waals surface area contributed by atoms with Crippen molar-refractivity contribution in [2.24, 2.45) is 0 Å². The van der Waals surface area contributed by atoms with Gasteiger partial charge in [0.05, 0.1) is 6.04 Å². The maximum absolute atomic E-state index is 6.21. The molecule has 1 aliphatic rings. The number of rotatable bonds is 5. The molecule has 3 heteroatoms. The van der Waals surface area contributed by atoms with Crippen LogP contribution in [0.15, 0.2) is 109 Å². The molecule has 30 heavy (non-hydrogen) atoms. The van der Waals surface area contributed by atoms with Crippen LogP contribution in [0.1, 0.15) is 18.5 Å². The second kappa shape index (κ2) is 7.96. The van der Waals surface area contributed by atoms with Crippen LogP contribution in [-0.2, 0) is 0 Å². The van der Waals surface area contributed by atoms with Crippen molar-refractivity contribution in [3.8, 4) is 5.75 Å². The van der Waals surface area contributed by atoms with Gasteiger partial charge in [0.15, 0.2) is 0 Å². The van der Waals surface area contributed by atoms with Crippen LogP contribution in [0.5, 0.6) is 5.75 Å². The van der Waals surface area contributed by atoms with Crippen molar-refractivity contribution in [3.05, 3.63) is 115 Å². The van der Waals surface area contributed by atoms with Crippen LogP contribution in [0.25, 0.3) is 0 Å². The number of fused-ring (bicyclic) bond motifs is 1. The summed E-state index contributed by atoms with van der Waals surface area (Å²) in [5, 5.41) is 3.51. The fourth-order valence-electron chi connectivity index (χ4n) is 4.18. The Morgan fingerprint density at radius 2 is 1.30 bits per heavy atom. The van der Waals surface area contributed by atoms with Crippen LogP contribution in [-0.4, -0.2) is 6.10 Å². The van der Waals surface area contributed by atoms with E-state index in [0.29, 0.717) is 0 Å². The average molecular weight is 393 g/mol. The molecular weight excluding hydrogens is 368 g/mol. The highest BCUT2D eigenvalue weighted by atomic mass is 16.5. The molecule has 3 nitrogen and oxygen atoms in total. The molecule has 5 rings (SSSR count). The lowest BCUT2D eigenvalue weighted by Gasteiger charge is -2.33. The Morgan fingerprint density at radius 1 is 0.667 bits per heavy atom. The lowest BCUT2D eigenvalue weighted by Crippen LogP contribution is -2.30. The van der Waals surface area contributed by atoms with Crippen molar-refractivity contribution < 1.29 is 4.74 Å². The highest BCUT2D eigenvalue weighted by molar-refractivity contribution is 5.72. The molecule has 0 fully saturated rings. The number of anilines is 4. The molecule has 0 spiro atoms. The molecule has 0 saturated carbocycles. The standard InChI is InChI=1S/C27H24N2O/c1-20-27(25-17-8-9-18-26(25)30-20)29(23-14-6-3-7-15-23)24-16-10-13-22(19-24)28-21-11-4-2-5-12-21/h2-20,27-28H,1H3. The molecule has 1 N–H and O–H groups in total. The molecule has 0 saturated heterocycles. The van der Waals surface area contributed by atoms with Crippen molar-refractivity contribution in [1.82, 2.24) is 0 Å². The highest BCUT2D eigenvalue weighted by Crippen LogP contribution is 2.45. The first kappa shape index (κ1) is 18.3. The third-order valence-corrected chi connectivity index (χ3v) is 5.49. The Bertz CT molecular complexity index is 1130. The summed E-state index contributed by atoms with van der Waals surface area (Å²) in [6.45, 7) is 2.15. The van der Waals surface area contributed by atoms with Crippen LogP contribution in [0.3, 0.4) is 0 Å². The van der Waals surface area contributed by atoms with Crippen molar-refractivity contribution in [2.75, 3.05) is 10.2 Å². The fourth-order valence-corrected chi connectivity index (χ4v) is 4.18. The van der Waals surface area contributed by atoms with Crippen LogP contribution in [0, 0.1) is 0 Å². The number of hydrogen-bond acceptors (Lipinski definition) is 3. The lowest BCUT2D eigenvalue weighted by atomic mass is 10.0. The van der Waals surface area contributed by atoms with Crippen LogP contribution >= 0.6 is 0 Å². The lowest BCUT2D eigenvalue weighted by molar-refractivity contribution is 0.227. The normalized spacial score (nSPS) is 17.1. The van der Waals surface area contributed by atoms with Gasteiger partial charge in [-0.25, -0.2) is 0 Å². The van der Waals surface area contributed by atoms with Gasteiger partial charge in [0.25, 0.3) is 0 Å². The number of para-hydroxylation sites is 3. The molecule has 0 radical (unpaired) electrons. The number of nitrogens with zero attached hydrogens (tertiary/aromatic N) is 1. The first-order chi connectivity index (χ1) is 14.8. The number of hydrogen-bond donors (Lipinski definition) is 1. The van der Waals surface area contributed by atoms with E-state index >= 15 is 0 Å². The van der Waals surface area contributed by atoms with E-state index in [1.54, 1.807) is 0 Å². The molecule has 4 aromatic rings. The third-order valence-electron chi connectivity index (χ3n) is 5.49. The van der Waals surface area contributed by atoms with Crippen molar-refractivity contribution in [2.45, 2.75) is 19.1 Å². The summed E-state index contributed by atoms with van der Waals surface area (Å²) in [6, 6.07) is 37.8. The predicted octanol–water partition coefficient (Wildman–Crippen LogP) is 7.09. The fraction of sp³-hybridized carbons (Fsp3) is 0.111. The van der Waals surface area contributed by atoms with Gasteiger partial charge in [-0.2, -0.15) is 0 Å². The molecule has 2 atom stereocenters. The van der Waals surface area contributed by atoms with E-state index in [2.05, 4.69) is 102 Å². The molecule has 0 bridgehead atoms. The Hall–Kier alpha value is -3.72. The van der Waals surface area contributed by atoms with Gasteiger partial charge in [-0.3, -0.25) is 0 Å². The van der Waals surface area contributed by atoms with Gasteiger partial charge < -0.3 is 15.0 Å². The minimum absolute atomic E-state index is 0.0355. The Kier molecular flexibility index (Phi) is 4.86. The number of benzene rings is 4. The van der Waals surface area contributed by atoms with Gasteiger partial charge in [-0.05, 0) is 55.5 Å². The van der Waals surface area contributed by atoms with Gasteiger partial charge in [0, 0.05) is 28.3 Å². The Morgan fingerprint density at radius 3 is 2.10 bits per heavy atom. The maximum Gasteiger partial charge on any atom is 0.125 e. The van der Waals surface area contributed by atoms with E-state index in [1.165, 1.54) is 5.56 Å². The molecule has 0 aromatic heterocycles. The third kappa shape index (κ3) is 3.50. The second-order valence-corrected chi connectivity index (χ2v) is 7.55. The number of ether oxygens (including phenoxy) is 1. The molecule has 2 unspecified atom stereocenters. The average Bonchev–Trinajstić information content (AvgIpc) is 3.12. The summed E-state index contributed by atoms with van der Waals surface area (Å²) >= 11 is 0. The Labute approximate surface area is 177 Å². The molecular formula is C27H24N2O. The molecule has 0 aliphatic carbocycles. The van der Waals surface area contributed by atoms with Gasteiger partial charge in [0.2, 0.25) is 0 Å². The van der Waals surface area contributed by atoms with Gasteiger partial charge in [-0.1, -0.05) is 60.7 Å². The van der Waals surface area contributed by atoms with E-state index in [-0.39, 0.29) is 12.1 Å². The zero-order valence-corrected chi connectivity index (χ0v) is 16.9. The number of nitrogens with one attached hydrogen (secondary N) is 1. The zero-order valence-electron chi connectivity index (χ0n) is 16.9. The predicted molar refractivity (Wildman–Crippen MR) is 124 cm³/mol. The highest BCUT2D eigenvalue weighted by Gasteiger charge is 2.36. The Balaban J connectivity index is 1.58. The SMILES string of the molecule is CC1Oc2ccccc2C1N(c1ccccc1)c1cccc(Nc2ccccc2)c1. The molecule has 1 heterocycles. The van der Waals surface area contributed by atoms with E-state index in [9.17, 15) is 0 Å². The summed E-state index contributed by atoms with van der Waals surface area (Å²) < 4.78 is 6.21. The van der Waals surface area contributed by atoms with Crippen LogP contribution < -0.4 is 15.0 Å². The smallest absolute Gasteiger partial charge is 0.125 e. The minimum atomic E-state index is 0.0355. The molecule has 148 valence electrons. The van der Waals surface area contributed by atoms with E-state index in [4.69, 9.17) is 4.74 Å². The monoisotopic (exact) mass is 392 g/mol. The van der Waals surface area contributed by atoms with Gasteiger partial charge in [0.1, 0.15) is 11.9 Å². The van der Waals surface area contributed by atoms with Crippen LogP contribution in [0.4, 0.5) is 22.7 Å². The van der Waals surface area contributed by atoms with Crippen molar-refractivity contribution in [1.29, 1.82) is 0 Å². The van der Waals surface area contributed by atoms with Gasteiger partial charge >= 0.3 is 0 Å². The summed E-state index contributed by atoms with van der Waals surface area (Å²) in [7, 11) is 0. The maximum atomic E-state index is 6.21. The largest absolute Gasteiger partial charge is 0.488 e. The molecule has 1 aliphatic heterocycles. The van der Waals surface area contributed by atoms with E-state index in [1.807, 2.05) is 24.3 Å². The minimum Gasteiger partial charge on any atom is -0.488 e. The van der Waals surface area contributed by atoms with Crippen LogP contribution in [0.2, 0.25) is 0 Å². The first-order valence-electron chi connectivity index (χ1n) is 10.3. The van der Waals surface area contributed by atoms with E-state index in [0.717, 1.165) is 28.5 Å². The van der Waals surface area contributed by atoms with Crippen molar-refractivity contribution >= 4 is 22.7 Å². The van der Waals surface area contributed by atoms with Crippen molar-refractivity contribution in [3.63, 3.8) is 0 Å².